The van der Waals surface area contributed by atoms with Crippen LogP contribution in [0.2, 0.25) is 0 Å². The van der Waals surface area contributed by atoms with E-state index in [1.807, 2.05) is 24.3 Å². The van der Waals surface area contributed by atoms with Gasteiger partial charge in [0.1, 0.15) is 5.75 Å². The van der Waals surface area contributed by atoms with Crippen molar-refractivity contribution in [1.29, 1.82) is 0 Å². The molecule has 1 amide bonds. The molecule has 4 nitrogen and oxygen atoms in total. The predicted octanol–water partition coefficient (Wildman–Crippen LogP) is 2.69. The number of benzene rings is 1. The molecule has 1 heterocycles. The molecule has 0 unspecified atom stereocenters. The summed E-state index contributed by atoms with van der Waals surface area (Å²) in [7, 11) is 1.65. The van der Waals surface area contributed by atoms with Gasteiger partial charge in [-0.15, -0.1) is 0 Å². The second-order valence-corrected chi connectivity index (χ2v) is 5.98. The van der Waals surface area contributed by atoms with Crippen LogP contribution >= 0.6 is 15.9 Å². The maximum absolute atomic E-state index is 12.2. The van der Waals surface area contributed by atoms with Gasteiger partial charge in [0.05, 0.1) is 12.6 Å². The van der Waals surface area contributed by atoms with Gasteiger partial charge in [0.25, 0.3) is 0 Å². The Bertz CT molecular complexity index is 455. The fourth-order valence-corrected chi connectivity index (χ4v) is 3.16. The van der Waals surface area contributed by atoms with Gasteiger partial charge in [-0.3, -0.25) is 4.79 Å². The van der Waals surface area contributed by atoms with Crippen LogP contribution in [0.5, 0.6) is 5.75 Å². The third kappa shape index (κ3) is 4.71. The summed E-state index contributed by atoms with van der Waals surface area (Å²) in [5.74, 6) is 0.941. The molecule has 1 saturated heterocycles. The molecule has 1 aliphatic heterocycles. The molecule has 21 heavy (non-hydrogen) atoms. The third-order valence-corrected chi connectivity index (χ3v) is 4.98. The van der Waals surface area contributed by atoms with E-state index in [1.165, 1.54) is 0 Å². The van der Waals surface area contributed by atoms with Crippen LogP contribution in [0.1, 0.15) is 24.8 Å². The van der Waals surface area contributed by atoms with Gasteiger partial charge in [-0.1, -0.05) is 28.1 Å². The second-order valence-electron chi connectivity index (χ2n) is 5.42. The maximum atomic E-state index is 12.2. The number of nitrogens with one attached hydrogen (secondary N) is 1. The van der Waals surface area contributed by atoms with E-state index in [0.717, 1.165) is 35.9 Å². The van der Waals surface area contributed by atoms with Crippen LogP contribution in [0, 0.1) is 0 Å². The van der Waals surface area contributed by atoms with E-state index in [0.29, 0.717) is 19.6 Å². The molecule has 0 saturated carbocycles. The largest absolute Gasteiger partial charge is 0.497 e. The van der Waals surface area contributed by atoms with Crippen LogP contribution < -0.4 is 10.1 Å². The number of carbonyl (C=O) groups is 1. The minimum atomic E-state index is -0.144. The van der Waals surface area contributed by atoms with E-state index in [-0.39, 0.29) is 11.4 Å². The molecule has 1 aliphatic rings. The highest BCUT2D eigenvalue weighted by atomic mass is 79.9. The SMILES string of the molecule is COc1ccc(CCC(=O)NC2(CBr)CCOCC2)cc1. The Morgan fingerprint density at radius 3 is 2.57 bits per heavy atom. The van der Waals surface area contributed by atoms with E-state index in [9.17, 15) is 4.79 Å². The summed E-state index contributed by atoms with van der Waals surface area (Å²) in [5.41, 5.74) is 1.00. The topological polar surface area (TPSA) is 47.6 Å². The van der Waals surface area contributed by atoms with Crippen LogP contribution in [0.3, 0.4) is 0 Å². The number of methoxy groups -OCH3 is 1. The first-order valence-corrected chi connectivity index (χ1v) is 8.37. The van der Waals surface area contributed by atoms with Crippen molar-refractivity contribution in [1.82, 2.24) is 5.32 Å². The van der Waals surface area contributed by atoms with E-state index in [4.69, 9.17) is 9.47 Å². The van der Waals surface area contributed by atoms with Crippen LogP contribution in [-0.2, 0) is 16.0 Å². The highest BCUT2D eigenvalue weighted by molar-refractivity contribution is 9.09. The van der Waals surface area contributed by atoms with Gasteiger partial charge in [0.15, 0.2) is 0 Å². The van der Waals surface area contributed by atoms with Gasteiger partial charge < -0.3 is 14.8 Å². The second kappa shape index (κ2) is 7.80. The van der Waals surface area contributed by atoms with Gasteiger partial charge in [-0.25, -0.2) is 0 Å². The molecule has 1 aromatic carbocycles. The lowest BCUT2D eigenvalue weighted by molar-refractivity contribution is -0.123. The Kier molecular flexibility index (Phi) is 6.06. The molecule has 0 spiro atoms. The van der Waals surface area contributed by atoms with E-state index in [1.54, 1.807) is 7.11 Å². The highest BCUT2D eigenvalue weighted by Gasteiger charge is 2.32. The fraction of sp³-hybridized carbons (Fsp3) is 0.562. The number of halogens is 1. The molecule has 0 bridgehead atoms. The Hall–Kier alpha value is -1.07. The zero-order valence-corrected chi connectivity index (χ0v) is 13.9. The number of hydrogen-bond donors (Lipinski definition) is 1. The quantitative estimate of drug-likeness (QED) is 0.798. The van der Waals surface area contributed by atoms with Crippen molar-refractivity contribution < 1.29 is 14.3 Å². The smallest absolute Gasteiger partial charge is 0.220 e. The molecule has 0 radical (unpaired) electrons. The molecular formula is C16H22BrNO3. The Balaban J connectivity index is 1.83. The standard InChI is InChI=1S/C16H22BrNO3/c1-20-14-5-2-13(3-6-14)4-7-15(19)18-16(12-17)8-10-21-11-9-16/h2-3,5-6H,4,7-12H2,1H3,(H,18,19). The first-order valence-electron chi connectivity index (χ1n) is 7.25. The van der Waals surface area contributed by atoms with Crippen LogP contribution in [-0.4, -0.2) is 37.1 Å². The summed E-state index contributed by atoms with van der Waals surface area (Å²) in [4.78, 5) is 12.2. The minimum Gasteiger partial charge on any atom is -0.497 e. The van der Waals surface area contributed by atoms with Crippen molar-refractivity contribution in [2.24, 2.45) is 0 Å². The summed E-state index contributed by atoms with van der Waals surface area (Å²) < 4.78 is 10.5. The summed E-state index contributed by atoms with van der Waals surface area (Å²) in [6.45, 7) is 1.43. The third-order valence-electron chi connectivity index (χ3n) is 3.91. The monoisotopic (exact) mass is 355 g/mol. The van der Waals surface area contributed by atoms with Crippen molar-refractivity contribution >= 4 is 21.8 Å². The number of hydrogen-bond acceptors (Lipinski definition) is 3. The number of rotatable bonds is 6. The lowest BCUT2D eigenvalue weighted by Gasteiger charge is -2.36. The first-order chi connectivity index (χ1) is 10.2. The molecule has 116 valence electrons. The van der Waals surface area contributed by atoms with Crippen molar-refractivity contribution in [3.05, 3.63) is 29.8 Å². The number of amides is 1. The average molecular weight is 356 g/mol. The number of carbonyl (C=O) groups excluding carboxylic acids is 1. The lowest BCUT2D eigenvalue weighted by atomic mass is 9.92. The fourth-order valence-electron chi connectivity index (χ4n) is 2.46. The molecule has 1 fully saturated rings. The molecule has 2 rings (SSSR count). The van der Waals surface area contributed by atoms with E-state index < -0.39 is 0 Å². The summed E-state index contributed by atoms with van der Waals surface area (Å²) in [6.07, 6.45) is 2.98. The average Bonchev–Trinajstić information content (AvgIpc) is 2.54. The van der Waals surface area contributed by atoms with Gasteiger partial charge in [-0.2, -0.15) is 0 Å². The van der Waals surface area contributed by atoms with Gasteiger partial charge in [0.2, 0.25) is 5.91 Å². The van der Waals surface area contributed by atoms with Gasteiger partial charge in [0, 0.05) is 25.0 Å². The molecule has 1 N–H and O–H groups in total. The molecule has 0 atom stereocenters. The van der Waals surface area contributed by atoms with Crippen molar-refractivity contribution in [2.45, 2.75) is 31.2 Å². The van der Waals surface area contributed by atoms with Crippen molar-refractivity contribution in [3.63, 3.8) is 0 Å². The van der Waals surface area contributed by atoms with Crippen LogP contribution in [0.4, 0.5) is 0 Å². The number of alkyl halides is 1. The Morgan fingerprint density at radius 2 is 2.00 bits per heavy atom. The molecule has 5 heteroatoms. The number of aryl methyl sites for hydroxylation is 1. The highest BCUT2D eigenvalue weighted by Crippen LogP contribution is 2.23. The van der Waals surface area contributed by atoms with E-state index in [2.05, 4.69) is 21.2 Å². The van der Waals surface area contributed by atoms with Gasteiger partial charge in [-0.05, 0) is 37.0 Å². The van der Waals surface area contributed by atoms with Crippen molar-refractivity contribution in [2.75, 3.05) is 25.7 Å². The summed E-state index contributed by atoms with van der Waals surface area (Å²) >= 11 is 3.52. The first kappa shape index (κ1) is 16.3. The lowest BCUT2D eigenvalue weighted by Crippen LogP contribution is -2.53. The Labute approximate surface area is 134 Å². The van der Waals surface area contributed by atoms with E-state index >= 15 is 0 Å². The Morgan fingerprint density at radius 1 is 1.33 bits per heavy atom. The maximum Gasteiger partial charge on any atom is 0.220 e. The molecular weight excluding hydrogens is 334 g/mol. The summed E-state index contributed by atoms with van der Waals surface area (Å²) in [5, 5.41) is 3.96. The van der Waals surface area contributed by atoms with Gasteiger partial charge >= 0.3 is 0 Å². The normalized spacial score (nSPS) is 17.2. The minimum absolute atomic E-state index is 0.104. The van der Waals surface area contributed by atoms with Crippen molar-refractivity contribution in [3.8, 4) is 5.75 Å². The number of ether oxygens (including phenoxy) is 2. The zero-order chi connectivity index (χ0) is 15.1. The summed E-state index contributed by atoms with van der Waals surface area (Å²) in [6, 6.07) is 7.85. The van der Waals surface area contributed by atoms with Crippen LogP contribution in [0.25, 0.3) is 0 Å². The molecule has 0 aliphatic carbocycles. The predicted molar refractivity (Wildman–Crippen MR) is 86.0 cm³/mol. The zero-order valence-electron chi connectivity index (χ0n) is 12.4. The molecule has 1 aromatic rings. The molecule has 0 aromatic heterocycles. The van der Waals surface area contributed by atoms with Crippen LogP contribution in [0.15, 0.2) is 24.3 Å².